The van der Waals surface area contributed by atoms with Gasteiger partial charge >= 0.3 is 0 Å². The van der Waals surface area contributed by atoms with Gasteiger partial charge in [-0.2, -0.15) is 0 Å². The molecule has 0 aromatic carbocycles. The maximum atomic E-state index is 3.38. The highest BCUT2D eigenvalue weighted by Gasteiger charge is 2.20. The van der Waals surface area contributed by atoms with Crippen molar-refractivity contribution in [2.75, 3.05) is 0 Å². The summed E-state index contributed by atoms with van der Waals surface area (Å²) in [5.74, 6) is 2.04. The maximum absolute atomic E-state index is 3.38. The smallest absolute Gasteiger partial charge is 0.0463 e. The number of hydrogen-bond acceptors (Lipinski definition) is 0. The molecule has 0 saturated heterocycles. The van der Waals surface area contributed by atoms with Gasteiger partial charge in [-0.1, -0.05) is 34.1 Å². The molecule has 0 fully saturated rings. The van der Waals surface area contributed by atoms with E-state index in [1.807, 2.05) is 12.2 Å². The Morgan fingerprint density at radius 1 is 1.17 bits per heavy atom. The van der Waals surface area contributed by atoms with E-state index in [4.69, 9.17) is 0 Å². The Morgan fingerprint density at radius 3 is 2.61 bits per heavy atom. The van der Waals surface area contributed by atoms with Crippen molar-refractivity contribution in [3.05, 3.63) is 40.2 Å². The first kappa shape index (κ1) is 13.0. The van der Waals surface area contributed by atoms with Crippen molar-refractivity contribution < 1.29 is 0 Å². The Balaban J connectivity index is 2.40. The number of aromatic nitrogens is 1. The molecule has 3 unspecified atom stereocenters. The highest BCUT2D eigenvalue weighted by molar-refractivity contribution is 5.48. The van der Waals surface area contributed by atoms with Crippen LogP contribution in [0.1, 0.15) is 45.6 Å². The predicted molar refractivity (Wildman–Crippen MR) is 78.7 cm³/mol. The molecule has 0 aliphatic heterocycles. The van der Waals surface area contributed by atoms with E-state index >= 15 is 0 Å². The van der Waals surface area contributed by atoms with Crippen LogP contribution in [0.15, 0.2) is 24.1 Å². The first-order valence-corrected chi connectivity index (χ1v) is 6.95. The van der Waals surface area contributed by atoms with Gasteiger partial charge in [-0.15, -0.1) is 5.73 Å². The van der Waals surface area contributed by atoms with Crippen molar-refractivity contribution in [2.24, 2.45) is 11.8 Å². The molecule has 1 aliphatic carbocycles. The Hall–Kier alpha value is -1.46. The van der Waals surface area contributed by atoms with Gasteiger partial charge in [0, 0.05) is 16.8 Å². The lowest BCUT2D eigenvalue weighted by atomic mass is 9.80. The summed E-state index contributed by atoms with van der Waals surface area (Å²) < 4.78 is 0. The number of fused-ring (bicyclic) bond motifs is 1. The summed E-state index contributed by atoms with van der Waals surface area (Å²) in [6.07, 6.45) is 11.6. The van der Waals surface area contributed by atoms with Gasteiger partial charge in [-0.05, 0) is 47.6 Å². The zero-order chi connectivity index (χ0) is 13.1. The van der Waals surface area contributed by atoms with Crippen molar-refractivity contribution in [2.45, 2.75) is 40.0 Å². The van der Waals surface area contributed by atoms with E-state index in [0.717, 1.165) is 5.92 Å². The Bertz CT molecular complexity index is 582. The van der Waals surface area contributed by atoms with Gasteiger partial charge in [-0.25, -0.2) is 0 Å². The third kappa shape index (κ3) is 2.37. The quantitative estimate of drug-likeness (QED) is 0.780. The molecule has 1 aliphatic rings. The third-order valence-corrected chi connectivity index (χ3v) is 4.50. The van der Waals surface area contributed by atoms with E-state index in [1.165, 1.54) is 22.6 Å². The lowest BCUT2D eigenvalue weighted by Gasteiger charge is -2.25. The van der Waals surface area contributed by atoms with Gasteiger partial charge in [0.05, 0.1) is 0 Å². The molecule has 2 rings (SSSR count). The zero-order valence-corrected chi connectivity index (χ0v) is 11.8. The van der Waals surface area contributed by atoms with Crippen LogP contribution in [0, 0.1) is 11.8 Å². The third-order valence-electron chi connectivity index (χ3n) is 4.50. The molecule has 3 atom stereocenters. The van der Waals surface area contributed by atoms with Gasteiger partial charge in [0.1, 0.15) is 0 Å². The molecule has 0 radical (unpaired) electrons. The number of aromatic amines is 1. The molecule has 1 heterocycles. The van der Waals surface area contributed by atoms with E-state index in [-0.39, 0.29) is 0 Å². The summed E-state index contributed by atoms with van der Waals surface area (Å²) in [6, 6.07) is 0. The largest absolute Gasteiger partial charge is 0.361 e. The van der Waals surface area contributed by atoms with Gasteiger partial charge < -0.3 is 4.98 Å². The Labute approximate surface area is 110 Å². The van der Waals surface area contributed by atoms with Gasteiger partial charge in [0.25, 0.3) is 0 Å². The molecule has 1 aromatic rings. The summed E-state index contributed by atoms with van der Waals surface area (Å²) >= 11 is 0. The summed E-state index contributed by atoms with van der Waals surface area (Å²) in [5, 5.41) is 2.54. The standard InChI is InChI=1S/C17H23N/c1-5-12(2)13(3)14(4)16-11-18-17-10-8-6-7-9-15(16)17/h7-14,18H,5H2,1-4H3. The summed E-state index contributed by atoms with van der Waals surface area (Å²) in [5.41, 5.74) is 4.56. The van der Waals surface area contributed by atoms with Crippen molar-refractivity contribution in [1.29, 1.82) is 0 Å². The van der Waals surface area contributed by atoms with Crippen molar-refractivity contribution >= 4 is 12.2 Å². The van der Waals surface area contributed by atoms with E-state index in [0.29, 0.717) is 11.8 Å². The lowest BCUT2D eigenvalue weighted by molar-refractivity contribution is 0.329. The van der Waals surface area contributed by atoms with E-state index in [1.54, 1.807) is 0 Å². The zero-order valence-electron chi connectivity index (χ0n) is 11.8. The second kappa shape index (κ2) is 5.46. The number of H-pyrrole nitrogens is 1. The van der Waals surface area contributed by atoms with Crippen molar-refractivity contribution in [3.8, 4) is 0 Å². The second-order valence-corrected chi connectivity index (χ2v) is 5.44. The molecular weight excluding hydrogens is 218 g/mol. The Morgan fingerprint density at radius 2 is 1.89 bits per heavy atom. The fraction of sp³-hybridized carbons (Fsp3) is 0.471. The van der Waals surface area contributed by atoms with Crippen LogP contribution in [0.5, 0.6) is 0 Å². The molecular formula is C17H23N. The fourth-order valence-electron chi connectivity index (χ4n) is 2.63. The second-order valence-electron chi connectivity index (χ2n) is 5.44. The number of nitrogens with one attached hydrogen (secondary N) is 1. The van der Waals surface area contributed by atoms with Gasteiger partial charge in [-0.3, -0.25) is 0 Å². The van der Waals surface area contributed by atoms with Crippen LogP contribution >= 0.6 is 0 Å². The summed E-state index contributed by atoms with van der Waals surface area (Å²) in [7, 11) is 0. The van der Waals surface area contributed by atoms with Crippen LogP contribution in [-0.4, -0.2) is 4.98 Å². The fourth-order valence-corrected chi connectivity index (χ4v) is 2.63. The van der Waals surface area contributed by atoms with E-state index in [2.05, 4.69) is 56.8 Å². The molecule has 0 spiro atoms. The average Bonchev–Trinajstić information content (AvgIpc) is 2.65. The molecule has 0 saturated carbocycles. The normalized spacial score (nSPS) is 18.2. The molecule has 1 aromatic heterocycles. The van der Waals surface area contributed by atoms with Crippen LogP contribution in [0.3, 0.4) is 0 Å². The predicted octanol–water partition coefficient (Wildman–Crippen LogP) is 3.09. The first-order valence-electron chi connectivity index (χ1n) is 6.95. The summed E-state index contributed by atoms with van der Waals surface area (Å²) in [4.78, 5) is 3.38. The van der Waals surface area contributed by atoms with Crippen LogP contribution in [0.2, 0.25) is 0 Å². The molecule has 96 valence electrons. The van der Waals surface area contributed by atoms with Gasteiger partial charge in [0.2, 0.25) is 0 Å². The first-order chi connectivity index (χ1) is 8.65. The van der Waals surface area contributed by atoms with E-state index in [9.17, 15) is 0 Å². The van der Waals surface area contributed by atoms with Crippen LogP contribution in [-0.2, 0) is 0 Å². The minimum atomic E-state index is 0.580. The Kier molecular flexibility index (Phi) is 3.93. The summed E-state index contributed by atoms with van der Waals surface area (Å²) in [6.45, 7) is 9.34. The van der Waals surface area contributed by atoms with Crippen molar-refractivity contribution in [3.63, 3.8) is 0 Å². The van der Waals surface area contributed by atoms with Crippen molar-refractivity contribution in [1.82, 2.24) is 4.98 Å². The highest BCUT2D eigenvalue weighted by atomic mass is 14.7. The van der Waals surface area contributed by atoms with Crippen LogP contribution in [0.25, 0.3) is 12.2 Å². The SMILES string of the molecule is CCC(C)C(C)C(C)c1c[nH]c2c1=CC=C=CC=2. The molecule has 18 heavy (non-hydrogen) atoms. The lowest BCUT2D eigenvalue weighted by Crippen LogP contribution is -2.27. The van der Waals surface area contributed by atoms with Crippen LogP contribution in [0.4, 0.5) is 0 Å². The monoisotopic (exact) mass is 241 g/mol. The molecule has 0 amide bonds. The number of rotatable bonds is 4. The molecule has 0 bridgehead atoms. The average molecular weight is 241 g/mol. The minimum absolute atomic E-state index is 0.580. The number of allylic oxidation sites excluding steroid dienone is 1. The topological polar surface area (TPSA) is 15.8 Å². The highest BCUT2D eigenvalue weighted by Crippen LogP contribution is 2.29. The maximum Gasteiger partial charge on any atom is 0.0463 e. The molecule has 1 N–H and O–H groups in total. The molecule has 1 nitrogen and oxygen atoms in total. The number of hydrogen-bond donors (Lipinski definition) is 1. The minimum Gasteiger partial charge on any atom is -0.361 e. The van der Waals surface area contributed by atoms with E-state index < -0.39 is 0 Å². The van der Waals surface area contributed by atoms with Crippen LogP contribution < -0.4 is 10.6 Å². The molecule has 1 heteroatoms. The van der Waals surface area contributed by atoms with Gasteiger partial charge in [0.15, 0.2) is 0 Å².